The first-order valence-corrected chi connectivity index (χ1v) is 6.10. The van der Waals surface area contributed by atoms with Crippen molar-refractivity contribution >= 4 is 10.1 Å². The summed E-state index contributed by atoms with van der Waals surface area (Å²) >= 11 is 0. The first kappa shape index (κ1) is 14.5. The van der Waals surface area contributed by atoms with Gasteiger partial charge in [0.1, 0.15) is 0 Å². The number of nitriles is 1. The number of benzene rings is 1. The molecule has 0 N–H and O–H groups in total. The van der Waals surface area contributed by atoms with E-state index in [0.29, 0.717) is 5.56 Å². The topological polar surface area (TPSA) is 67.2 Å². The van der Waals surface area contributed by atoms with E-state index in [1.54, 1.807) is 30.3 Å². The Bertz CT molecular complexity index is 534. The maximum Gasteiger partial charge on any atom is 0.523 e. The first-order chi connectivity index (χ1) is 8.26. The van der Waals surface area contributed by atoms with Crippen LogP contribution in [0.2, 0.25) is 0 Å². The Kier molecular flexibility index (Phi) is 4.32. The molecule has 0 heterocycles. The maximum absolute atomic E-state index is 12.0. The van der Waals surface area contributed by atoms with Gasteiger partial charge in [0.25, 0.3) is 0 Å². The van der Waals surface area contributed by atoms with E-state index >= 15 is 0 Å². The molecule has 8 heteroatoms. The van der Waals surface area contributed by atoms with Crippen LogP contribution in [0.25, 0.3) is 0 Å². The molecule has 0 aliphatic rings. The van der Waals surface area contributed by atoms with Crippen LogP contribution in [-0.2, 0) is 20.7 Å². The standard InChI is InChI=1S/C10H8F3NO3S/c11-10(12,13)18(15,16)17-9(7-14)6-8-4-2-1-3-5-8/h1-5,9H,6H2. The summed E-state index contributed by atoms with van der Waals surface area (Å²) in [5.41, 5.74) is -5.03. The van der Waals surface area contributed by atoms with Crippen LogP contribution in [0.4, 0.5) is 13.2 Å². The average molecular weight is 279 g/mol. The molecule has 0 bridgehead atoms. The van der Waals surface area contributed by atoms with Crippen molar-refractivity contribution in [2.24, 2.45) is 0 Å². The maximum atomic E-state index is 12.0. The number of halogens is 3. The molecule has 0 amide bonds. The van der Waals surface area contributed by atoms with Crippen molar-refractivity contribution in [2.75, 3.05) is 0 Å². The highest BCUT2D eigenvalue weighted by atomic mass is 32.2. The molecule has 98 valence electrons. The molecule has 0 aliphatic heterocycles. The van der Waals surface area contributed by atoms with Crippen LogP contribution in [0.1, 0.15) is 5.56 Å². The van der Waals surface area contributed by atoms with Gasteiger partial charge in [0.2, 0.25) is 0 Å². The van der Waals surface area contributed by atoms with Gasteiger partial charge in [-0.2, -0.15) is 26.9 Å². The Hall–Kier alpha value is -1.59. The molecule has 0 spiro atoms. The fraction of sp³-hybridized carbons (Fsp3) is 0.300. The molecule has 1 rings (SSSR count). The second kappa shape index (κ2) is 5.37. The van der Waals surface area contributed by atoms with Crippen molar-refractivity contribution in [3.63, 3.8) is 0 Å². The minimum absolute atomic E-state index is 0.243. The molecular weight excluding hydrogens is 271 g/mol. The fourth-order valence-electron chi connectivity index (χ4n) is 1.14. The van der Waals surface area contributed by atoms with Crippen LogP contribution in [-0.4, -0.2) is 20.0 Å². The van der Waals surface area contributed by atoms with E-state index in [4.69, 9.17) is 5.26 Å². The Labute approximate surface area is 102 Å². The molecular formula is C10H8F3NO3S. The molecule has 4 nitrogen and oxygen atoms in total. The van der Waals surface area contributed by atoms with E-state index in [9.17, 15) is 21.6 Å². The van der Waals surface area contributed by atoms with Gasteiger partial charge in [-0.1, -0.05) is 30.3 Å². The Morgan fingerprint density at radius 2 is 1.83 bits per heavy atom. The summed E-state index contributed by atoms with van der Waals surface area (Å²) in [6, 6.07) is 9.38. The molecule has 1 atom stereocenters. The van der Waals surface area contributed by atoms with Crippen molar-refractivity contribution < 1.29 is 25.8 Å². The highest BCUT2D eigenvalue weighted by Crippen LogP contribution is 2.26. The van der Waals surface area contributed by atoms with E-state index in [-0.39, 0.29) is 6.42 Å². The van der Waals surface area contributed by atoms with Gasteiger partial charge in [0, 0.05) is 6.42 Å². The van der Waals surface area contributed by atoms with Gasteiger partial charge in [-0.05, 0) is 5.56 Å². The summed E-state index contributed by atoms with van der Waals surface area (Å²) < 4.78 is 61.4. The number of rotatable bonds is 4. The smallest absolute Gasteiger partial charge is 0.244 e. The molecule has 0 fully saturated rings. The molecule has 0 aromatic heterocycles. The summed E-state index contributed by atoms with van der Waals surface area (Å²) in [6.45, 7) is 0. The number of hydrogen-bond donors (Lipinski definition) is 0. The number of hydrogen-bond acceptors (Lipinski definition) is 4. The molecule has 18 heavy (non-hydrogen) atoms. The predicted molar refractivity (Wildman–Crippen MR) is 55.6 cm³/mol. The number of nitrogens with zero attached hydrogens (tertiary/aromatic N) is 1. The summed E-state index contributed by atoms with van der Waals surface area (Å²) in [6.07, 6.45) is -1.95. The van der Waals surface area contributed by atoms with Crippen LogP contribution in [0.5, 0.6) is 0 Å². The fourth-order valence-corrected chi connectivity index (χ4v) is 1.66. The normalized spacial score (nSPS) is 13.9. The lowest BCUT2D eigenvalue weighted by Crippen LogP contribution is -2.30. The zero-order valence-electron chi connectivity index (χ0n) is 8.89. The molecule has 0 aliphatic carbocycles. The third kappa shape index (κ3) is 3.72. The summed E-state index contributed by atoms with van der Waals surface area (Å²) in [5.74, 6) is 0. The van der Waals surface area contributed by atoms with Gasteiger partial charge in [0.15, 0.2) is 6.10 Å². The highest BCUT2D eigenvalue weighted by Gasteiger charge is 2.48. The molecule has 1 aromatic rings. The lowest BCUT2D eigenvalue weighted by Gasteiger charge is -2.12. The van der Waals surface area contributed by atoms with Gasteiger partial charge < -0.3 is 0 Å². The molecule has 0 radical (unpaired) electrons. The predicted octanol–water partition coefficient (Wildman–Crippen LogP) is 1.99. The summed E-state index contributed by atoms with van der Waals surface area (Å²) in [4.78, 5) is 0. The number of alkyl halides is 3. The minimum Gasteiger partial charge on any atom is -0.244 e. The van der Waals surface area contributed by atoms with Crippen molar-refractivity contribution in [3.05, 3.63) is 35.9 Å². The average Bonchev–Trinajstić information content (AvgIpc) is 2.27. The van der Waals surface area contributed by atoms with E-state index in [1.807, 2.05) is 0 Å². The van der Waals surface area contributed by atoms with E-state index in [0.717, 1.165) is 0 Å². The van der Waals surface area contributed by atoms with Crippen molar-refractivity contribution in [2.45, 2.75) is 18.0 Å². The first-order valence-electron chi connectivity index (χ1n) is 4.69. The van der Waals surface area contributed by atoms with Crippen molar-refractivity contribution in [1.29, 1.82) is 5.26 Å². The third-order valence-electron chi connectivity index (χ3n) is 1.93. The quantitative estimate of drug-likeness (QED) is 0.624. The van der Waals surface area contributed by atoms with Gasteiger partial charge in [0.05, 0.1) is 6.07 Å². The van der Waals surface area contributed by atoms with Crippen LogP contribution < -0.4 is 0 Å². The van der Waals surface area contributed by atoms with Crippen molar-refractivity contribution in [1.82, 2.24) is 0 Å². The summed E-state index contributed by atoms with van der Waals surface area (Å²) in [5, 5.41) is 8.61. The van der Waals surface area contributed by atoms with Gasteiger partial charge in [-0.15, -0.1) is 0 Å². The van der Waals surface area contributed by atoms with Gasteiger partial charge in [-0.3, -0.25) is 0 Å². The van der Waals surface area contributed by atoms with Crippen LogP contribution in [0.15, 0.2) is 30.3 Å². The van der Waals surface area contributed by atoms with E-state index in [1.165, 1.54) is 6.07 Å². The zero-order chi connectivity index (χ0) is 13.8. The molecule has 1 unspecified atom stereocenters. The highest BCUT2D eigenvalue weighted by molar-refractivity contribution is 7.87. The van der Waals surface area contributed by atoms with Gasteiger partial charge in [-0.25, -0.2) is 4.18 Å². The monoisotopic (exact) mass is 279 g/mol. The Morgan fingerprint density at radius 1 is 1.28 bits per heavy atom. The Balaban J connectivity index is 2.80. The van der Waals surface area contributed by atoms with Crippen LogP contribution in [0.3, 0.4) is 0 Å². The SMILES string of the molecule is N#CC(Cc1ccccc1)OS(=O)(=O)C(F)(F)F. The lowest BCUT2D eigenvalue weighted by atomic mass is 10.1. The lowest BCUT2D eigenvalue weighted by molar-refractivity contribution is -0.0557. The third-order valence-corrected chi connectivity index (χ3v) is 2.99. The van der Waals surface area contributed by atoms with Crippen molar-refractivity contribution in [3.8, 4) is 6.07 Å². The van der Waals surface area contributed by atoms with E-state index < -0.39 is 21.7 Å². The minimum atomic E-state index is -5.75. The largest absolute Gasteiger partial charge is 0.523 e. The zero-order valence-corrected chi connectivity index (χ0v) is 9.70. The molecule has 0 saturated carbocycles. The summed E-state index contributed by atoms with van der Waals surface area (Å²) in [7, 11) is -5.75. The second-order valence-electron chi connectivity index (χ2n) is 3.30. The van der Waals surface area contributed by atoms with Crippen LogP contribution >= 0.6 is 0 Å². The van der Waals surface area contributed by atoms with Gasteiger partial charge >= 0.3 is 15.6 Å². The van der Waals surface area contributed by atoms with Crippen LogP contribution in [0, 0.1) is 11.3 Å². The molecule has 1 aromatic carbocycles. The second-order valence-corrected chi connectivity index (χ2v) is 4.87. The van der Waals surface area contributed by atoms with E-state index in [2.05, 4.69) is 4.18 Å². The molecule has 0 saturated heterocycles. The Morgan fingerprint density at radius 3 is 2.28 bits per heavy atom.